The minimum atomic E-state index is -1.21. The Hall–Kier alpha value is -3.02. The van der Waals surface area contributed by atoms with Crippen molar-refractivity contribution in [3.05, 3.63) is 59.7 Å². The number of ether oxygens (including phenoxy) is 3. The van der Waals surface area contributed by atoms with E-state index in [0.29, 0.717) is 30.9 Å². The molecule has 1 atom stereocenters. The summed E-state index contributed by atoms with van der Waals surface area (Å²) < 4.78 is 16.3. The van der Waals surface area contributed by atoms with Crippen molar-refractivity contribution in [1.29, 1.82) is 0 Å². The predicted molar refractivity (Wildman–Crippen MR) is 100 cm³/mol. The Morgan fingerprint density at radius 3 is 2.52 bits per heavy atom. The molecule has 0 aromatic heterocycles. The molecule has 1 unspecified atom stereocenters. The van der Waals surface area contributed by atoms with Crippen LogP contribution in [0.4, 0.5) is 0 Å². The lowest BCUT2D eigenvalue weighted by Crippen LogP contribution is -2.52. The van der Waals surface area contributed by atoms with Gasteiger partial charge in [-0.3, -0.25) is 4.79 Å². The molecule has 0 bridgehead atoms. The lowest BCUT2D eigenvalue weighted by Gasteiger charge is -2.35. The summed E-state index contributed by atoms with van der Waals surface area (Å²) in [7, 11) is 3.28. The van der Waals surface area contributed by atoms with Gasteiger partial charge in [0.25, 0.3) is 5.91 Å². The standard InChI is InChI=1S/C21H23NO5/c1-21(14-15-6-4-5-7-18(15)19(23)27-21)20(24)22(2)12-13-26-17-10-8-16(25-3)9-11-17/h4-11H,12-14H2,1-3H3. The third kappa shape index (κ3) is 4.05. The molecule has 6 nitrogen and oxygen atoms in total. The predicted octanol–water partition coefficient (Wildman–Crippen LogP) is 2.70. The van der Waals surface area contributed by atoms with Crippen LogP contribution in [0.2, 0.25) is 0 Å². The number of hydrogen-bond acceptors (Lipinski definition) is 5. The number of nitrogens with zero attached hydrogens (tertiary/aromatic N) is 1. The zero-order valence-electron chi connectivity index (χ0n) is 15.7. The highest BCUT2D eigenvalue weighted by Gasteiger charge is 2.43. The number of benzene rings is 2. The SMILES string of the molecule is COc1ccc(OCCN(C)C(=O)C2(C)Cc3ccccc3C(=O)O2)cc1. The summed E-state index contributed by atoms with van der Waals surface area (Å²) in [5.41, 5.74) is 0.140. The summed E-state index contributed by atoms with van der Waals surface area (Å²) >= 11 is 0. The van der Waals surface area contributed by atoms with E-state index >= 15 is 0 Å². The highest BCUT2D eigenvalue weighted by molar-refractivity contribution is 5.97. The Balaban J connectivity index is 1.59. The molecule has 0 spiro atoms. The topological polar surface area (TPSA) is 65.1 Å². The number of carbonyl (C=O) groups excluding carboxylic acids is 2. The van der Waals surface area contributed by atoms with E-state index in [2.05, 4.69) is 0 Å². The number of hydrogen-bond donors (Lipinski definition) is 0. The van der Waals surface area contributed by atoms with Crippen LogP contribution in [0.25, 0.3) is 0 Å². The number of cyclic esters (lactones) is 1. The van der Waals surface area contributed by atoms with Crippen molar-refractivity contribution < 1.29 is 23.8 Å². The summed E-state index contributed by atoms with van der Waals surface area (Å²) in [6.07, 6.45) is 0.359. The van der Waals surface area contributed by atoms with Crippen molar-refractivity contribution in [2.24, 2.45) is 0 Å². The molecule has 1 aliphatic rings. The maximum Gasteiger partial charge on any atom is 0.339 e. The van der Waals surface area contributed by atoms with Crippen LogP contribution in [0.15, 0.2) is 48.5 Å². The van der Waals surface area contributed by atoms with Crippen LogP contribution >= 0.6 is 0 Å². The maximum absolute atomic E-state index is 12.9. The number of esters is 1. The van der Waals surface area contributed by atoms with Gasteiger partial charge in [0.15, 0.2) is 5.60 Å². The monoisotopic (exact) mass is 369 g/mol. The smallest absolute Gasteiger partial charge is 0.339 e. The molecule has 2 aromatic rings. The molecule has 27 heavy (non-hydrogen) atoms. The Morgan fingerprint density at radius 1 is 1.15 bits per heavy atom. The van der Waals surface area contributed by atoms with E-state index < -0.39 is 11.6 Å². The van der Waals surface area contributed by atoms with Crippen LogP contribution in [0, 0.1) is 0 Å². The second-order valence-electron chi connectivity index (χ2n) is 6.70. The summed E-state index contributed by atoms with van der Waals surface area (Å²) in [6, 6.07) is 14.4. The molecule has 1 aliphatic heterocycles. The third-order valence-electron chi connectivity index (χ3n) is 4.64. The van der Waals surface area contributed by atoms with E-state index in [1.165, 1.54) is 4.90 Å². The number of rotatable bonds is 6. The van der Waals surface area contributed by atoms with Crippen molar-refractivity contribution in [3.8, 4) is 11.5 Å². The molecular formula is C21H23NO5. The molecule has 0 radical (unpaired) electrons. The fourth-order valence-corrected chi connectivity index (χ4v) is 3.13. The molecule has 1 heterocycles. The van der Waals surface area contributed by atoms with Crippen molar-refractivity contribution in [2.75, 3.05) is 27.3 Å². The first kappa shape index (κ1) is 18.8. The Morgan fingerprint density at radius 2 is 1.81 bits per heavy atom. The van der Waals surface area contributed by atoms with E-state index in [1.54, 1.807) is 33.2 Å². The van der Waals surface area contributed by atoms with E-state index in [4.69, 9.17) is 14.2 Å². The largest absolute Gasteiger partial charge is 0.497 e. The Kier molecular flexibility index (Phi) is 5.35. The fourth-order valence-electron chi connectivity index (χ4n) is 3.13. The van der Waals surface area contributed by atoms with Gasteiger partial charge in [-0.1, -0.05) is 18.2 Å². The van der Waals surface area contributed by atoms with Gasteiger partial charge in [-0.15, -0.1) is 0 Å². The highest BCUT2D eigenvalue weighted by atomic mass is 16.6. The summed E-state index contributed by atoms with van der Waals surface area (Å²) in [4.78, 5) is 26.7. The first-order valence-corrected chi connectivity index (χ1v) is 8.76. The summed E-state index contributed by atoms with van der Waals surface area (Å²) in [6.45, 7) is 2.36. The van der Waals surface area contributed by atoms with Gasteiger partial charge in [0.05, 0.1) is 19.2 Å². The molecule has 0 saturated heterocycles. The van der Waals surface area contributed by atoms with Gasteiger partial charge in [-0.25, -0.2) is 4.79 Å². The first-order chi connectivity index (χ1) is 12.9. The van der Waals surface area contributed by atoms with Gasteiger partial charge in [0.1, 0.15) is 18.1 Å². The van der Waals surface area contributed by atoms with Crippen LogP contribution < -0.4 is 9.47 Å². The normalized spacial score (nSPS) is 18.3. The second-order valence-corrected chi connectivity index (χ2v) is 6.70. The maximum atomic E-state index is 12.9. The van der Waals surface area contributed by atoms with Crippen molar-refractivity contribution in [3.63, 3.8) is 0 Å². The van der Waals surface area contributed by atoms with E-state index in [-0.39, 0.29) is 5.91 Å². The molecule has 0 fully saturated rings. The zero-order valence-corrected chi connectivity index (χ0v) is 15.7. The average molecular weight is 369 g/mol. The van der Waals surface area contributed by atoms with E-state index in [0.717, 1.165) is 11.3 Å². The Bertz CT molecular complexity index is 833. The first-order valence-electron chi connectivity index (χ1n) is 8.76. The number of likely N-dealkylation sites (N-methyl/N-ethyl adjacent to an activating group) is 1. The molecule has 1 amide bonds. The van der Waals surface area contributed by atoms with Crippen molar-refractivity contribution >= 4 is 11.9 Å². The molecule has 3 rings (SSSR count). The molecule has 0 aliphatic carbocycles. The number of methoxy groups -OCH3 is 1. The number of fused-ring (bicyclic) bond motifs is 1. The average Bonchev–Trinajstić information content (AvgIpc) is 2.67. The minimum absolute atomic E-state index is 0.247. The van der Waals surface area contributed by atoms with Gasteiger partial charge in [0, 0.05) is 13.5 Å². The van der Waals surface area contributed by atoms with Gasteiger partial charge >= 0.3 is 5.97 Å². The van der Waals surface area contributed by atoms with Crippen LogP contribution in [0.1, 0.15) is 22.8 Å². The molecular weight excluding hydrogens is 346 g/mol. The third-order valence-corrected chi connectivity index (χ3v) is 4.64. The lowest BCUT2D eigenvalue weighted by atomic mass is 9.89. The van der Waals surface area contributed by atoms with Crippen LogP contribution in [-0.4, -0.2) is 49.7 Å². The van der Waals surface area contributed by atoms with Crippen LogP contribution in [0.5, 0.6) is 11.5 Å². The number of amides is 1. The van der Waals surface area contributed by atoms with Gasteiger partial charge in [-0.2, -0.15) is 0 Å². The second kappa shape index (κ2) is 7.70. The van der Waals surface area contributed by atoms with Gasteiger partial charge < -0.3 is 19.1 Å². The van der Waals surface area contributed by atoms with Gasteiger partial charge in [-0.05, 0) is 42.8 Å². The fraction of sp³-hybridized carbons (Fsp3) is 0.333. The van der Waals surface area contributed by atoms with Crippen molar-refractivity contribution in [2.45, 2.75) is 18.9 Å². The molecule has 6 heteroatoms. The number of carbonyl (C=O) groups is 2. The molecule has 2 aromatic carbocycles. The molecule has 0 N–H and O–H groups in total. The van der Waals surface area contributed by atoms with Crippen molar-refractivity contribution in [1.82, 2.24) is 4.90 Å². The lowest BCUT2D eigenvalue weighted by molar-refractivity contribution is -0.150. The molecule has 142 valence electrons. The van der Waals surface area contributed by atoms with Crippen LogP contribution in [-0.2, 0) is 16.0 Å². The molecule has 0 saturated carbocycles. The van der Waals surface area contributed by atoms with E-state index in [9.17, 15) is 9.59 Å². The zero-order chi connectivity index (χ0) is 19.4. The quantitative estimate of drug-likeness (QED) is 0.733. The van der Waals surface area contributed by atoms with Gasteiger partial charge in [0.2, 0.25) is 0 Å². The minimum Gasteiger partial charge on any atom is -0.497 e. The van der Waals surface area contributed by atoms with Crippen LogP contribution in [0.3, 0.4) is 0 Å². The Labute approximate surface area is 158 Å². The van der Waals surface area contributed by atoms with E-state index in [1.807, 2.05) is 36.4 Å². The summed E-state index contributed by atoms with van der Waals surface area (Å²) in [5, 5.41) is 0. The highest BCUT2D eigenvalue weighted by Crippen LogP contribution is 2.29. The summed E-state index contributed by atoms with van der Waals surface area (Å²) in [5.74, 6) is 0.738.